The number of anilines is 1. The zero-order valence-corrected chi connectivity index (χ0v) is 13.1. The summed E-state index contributed by atoms with van der Waals surface area (Å²) >= 11 is 0. The van der Waals surface area contributed by atoms with Crippen LogP contribution >= 0.6 is 0 Å². The van der Waals surface area contributed by atoms with E-state index in [1.165, 1.54) is 12.1 Å². The molecular formula is C17H27N3O. The monoisotopic (exact) mass is 289 g/mol. The summed E-state index contributed by atoms with van der Waals surface area (Å²) in [6.45, 7) is 8.61. The summed E-state index contributed by atoms with van der Waals surface area (Å²) in [6, 6.07) is 10.8. The van der Waals surface area contributed by atoms with Crippen molar-refractivity contribution in [2.75, 3.05) is 64.4 Å². The van der Waals surface area contributed by atoms with Crippen LogP contribution in [0.15, 0.2) is 30.3 Å². The first-order valence-electron chi connectivity index (χ1n) is 8.06. The molecule has 1 N–H and O–H groups in total. The number of nitrogens with one attached hydrogen (secondary N) is 1. The Balaban J connectivity index is 1.53. The highest BCUT2D eigenvalue weighted by molar-refractivity contribution is 5.46. The van der Waals surface area contributed by atoms with Crippen LogP contribution in [0.1, 0.15) is 6.42 Å². The zero-order valence-electron chi connectivity index (χ0n) is 13.1. The number of hydrogen-bond donors (Lipinski definition) is 1. The number of piperazine rings is 1. The molecule has 4 heteroatoms. The Bertz CT molecular complexity index is 423. The zero-order chi connectivity index (χ0) is 14.5. The lowest BCUT2D eigenvalue weighted by atomic mass is 9.86. The van der Waals surface area contributed by atoms with Crippen LogP contribution in [0.4, 0.5) is 5.69 Å². The molecule has 1 unspecified atom stereocenters. The van der Waals surface area contributed by atoms with Crippen molar-refractivity contribution < 1.29 is 4.74 Å². The maximum absolute atomic E-state index is 5.67. The lowest BCUT2D eigenvalue weighted by Crippen LogP contribution is -2.52. The van der Waals surface area contributed by atoms with Crippen molar-refractivity contribution >= 4 is 5.69 Å². The third-order valence-electron chi connectivity index (χ3n) is 4.79. The minimum Gasteiger partial charge on any atom is -0.381 e. The molecule has 0 spiro atoms. The molecule has 0 aliphatic carbocycles. The summed E-state index contributed by atoms with van der Waals surface area (Å²) in [5.41, 5.74) is 1.68. The Morgan fingerprint density at radius 2 is 1.90 bits per heavy atom. The van der Waals surface area contributed by atoms with Gasteiger partial charge in [0.25, 0.3) is 0 Å². The van der Waals surface area contributed by atoms with Crippen molar-refractivity contribution in [3.05, 3.63) is 30.3 Å². The predicted octanol–water partition coefficient (Wildman–Crippen LogP) is 1.43. The molecule has 4 nitrogen and oxygen atoms in total. The van der Waals surface area contributed by atoms with E-state index < -0.39 is 0 Å². The van der Waals surface area contributed by atoms with Gasteiger partial charge in [0.2, 0.25) is 0 Å². The highest BCUT2D eigenvalue weighted by Crippen LogP contribution is 2.29. The molecule has 0 bridgehead atoms. The quantitative estimate of drug-likeness (QED) is 0.887. The topological polar surface area (TPSA) is 27.7 Å². The Kier molecular flexibility index (Phi) is 4.78. The Morgan fingerprint density at radius 3 is 2.52 bits per heavy atom. The van der Waals surface area contributed by atoms with E-state index in [0.717, 1.165) is 52.5 Å². The highest BCUT2D eigenvalue weighted by atomic mass is 16.5. The second kappa shape index (κ2) is 6.77. The van der Waals surface area contributed by atoms with Gasteiger partial charge in [0, 0.05) is 57.0 Å². The van der Waals surface area contributed by atoms with Crippen molar-refractivity contribution in [3.63, 3.8) is 0 Å². The Morgan fingerprint density at radius 1 is 1.14 bits per heavy atom. The van der Waals surface area contributed by atoms with E-state index in [4.69, 9.17) is 4.74 Å². The lowest BCUT2D eigenvalue weighted by Gasteiger charge is -2.40. The molecule has 1 atom stereocenters. The first kappa shape index (κ1) is 14.8. The first-order valence-corrected chi connectivity index (χ1v) is 8.06. The van der Waals surface area contributed by atoms with Gasteiger partial charge in [-0.3, -0.25) is 4.90 Å². The van der Waals surface area contributed by atoms with Crippen molar-refractivity contribution in [1.82, 2.24) is 10.2 Å². The van der Waals surface area contributed by atoms with Crippen molar-refractivity contribution in [1.29, 1.82) is 0 Å². The molecule has 2 aliphatic heterocycles. The van der Waals surface area contributed by atoms with Gasteiger partial charge in [-0.25, -0.2) is 0 Å². The summed E-state index contributed by atoms with van der Waals surface area (Å²) in [7, 11) is 2.05. The van der Waals surface area contributed by atoms with Crippen LogP contribution in [0.25, 0.3) is 0 Å². The predicted molar refractivity (Wildman–Crippen MR) is 86.9 cm³/mol. The van der Waals surface area contributed by atoms with Crippen LogP contribution in [0, 0.1) is 5.41 Å². The van der Waals surface area contributed by atoms with E-state index in [1.807, 2.05) is 7.05 Å². The summed E-state index contributed by atoms with van der Waals surface area (Å²) in [5, 5.41) is 3.36. The van der Waals surface area contributed by atoms with Crippen molar-refractivity contribution in [2.24, 2.45) is 5.41 Å². The third kappa shape index (κ3) is 3.57. The summed E-state index contributed by atoms with van der Waals surface area (Å²) in [6.07, 6.45) is 1.19. The van der Waals surface area contributed by atoms with E-state index in [1.54, 1.807) is 0 Å². The number of rotatable bonds is 5. The van der Waals surface area contributed by atoms with E-state index in [9.17, 15) is 0 Å². The molecule has 1 aromatic rings. The van der Waals surface area contributed by atoms with Crippen LogP contribution in [0.2, 0.25) is 0 Å². The minimum atomic E-state index is 0.323. The van der Waals surface area contributed by atoms with Gasteiger partial charge >= 0.3 is 0 Å². The second-order valence-corrected chi connectivity index (χ2v) is 6.43. The highest BCUT2D eigenvalue weighted by Gasteiger charge is 2.36. The average molecular weight is 289 g/mol. The van der Waals surface area contributed by atoms with Gasteiger partial charge in [-0.1, -0.05) is 18.2 Å². The maximum atomic E-state index is 5.67. The molecule has 116 valence electrons. The van der Waals surface area contributed by atoms with E-state index in [-0.39, 0.29) is 0 Å². The molecule has 2 heterocycles. The van der Waals surface area contributed by atoms with E-state index >= 15 is 0 Å². The molecule has 0 aromatic heterocycles. The standard InChI is InChI=1S/C17H27N3O/c1-18-13-17(7-12-21-15-17)14-19-8-10-20(11-9-19)16-5-3-2-4-6-16/h2-6,18H,7-15H2,1H3. The SMILES string of the molecule is CNCC1(CN2CCN(c3ccccc3)CC2)CCOC1. The Hall–Kier alpha value is -1.10. The number of nitrogens with zero attached hydrogens (tertiary/aromatic N) is 2. The molecule has 1 aromatic carbocycles. The van der Waals surface area contributed by atoms with Crippen LogP contribution < -0.4 is 10.2 Å². The molecule has 21 heavy (non-hydrogen) atoms. The second-order valence-electron chi connectivity index (χ2n) is 6.43. The van der Waals surface area contributed by atoms with Crippen LogP contribution in [0.3, 0.4) is 0 Å². The number of para-hydroxylation sites is 1. The fourth-order valence-corrected chi connectivity index (χ4v) is 3.62. The van der Waals surface area contributed by atoms with Gasteiger partial charge in [0.1, 0.15) is 0 Å². The van der Waals surface area contributed by atoms with Gasteiger partial charge in [-0.15, -0.1) is 0 Å². The summed E-state index contributed by atoms with van der Waals surface area (Å²) < 4.78 is 5.67. The van der Waals surface area contributed by atoms with Crippen LogP contribution in [-0.2, 0) is 4.74 Å². The molecule has 2 aliphatic rings. The number of hydrogen-bond acceptors (Lipinski definition) is 4. The molecule has 0 saturated carbocycles. The van der Waals surface area contributed by atoms with Gasteiger partial charge in [-0.05, 0) is 25.6 Å². The fourth-order valence-electron chi connectivity index (χ4n) is 3.62. The molecule has 3 rings (SSSR count). The largest absolute Gasteiger partial charge is 0.381 e. The van der Waals surface area contributed by atoms with Crippen LogP contribution in [0.5, 0.6) is 0 Å². The molecule has 2 fully saturated rings. The van der Waals surface area contributed by atoms with E-state index in [0.29, 0.717) is 5.41 Å². The minimum absolute atomic E-state index is 0.323. The summed E-state index contributed by atoms with van der Waals surface area (Å²) in [5.74, 6) is 0. The molecule has 0 amide bonds. The van der Waals surface area contributed by atoms with Gasteiger partial charge in [0.15, 0.2) is 0 Å². The smallest absolute Gasteiger partial charge is 0.0547 e. The van der Waals surface area contributed by atoms with Crippen molar-refractivity contribution in [2.45, 2.75) is 6.42 Å². The van der Waals surface area contributed by atoms with Crippen molar-refractivity contribution in [3.8, 4) is 0 Å². The van der Waals surface area contributed by atoms with Gasteiger partial charge in [0.05, 0.1) is 6.61 Å². The molecule has 0 radical (unpaired) electrons. The molecule has 2 saturated heterocycles. The molecular weight excluding hydrogens is 262 g/mol. The fraction of sp³-hybridized carbons (Fsp3) is 0.647. The normalized spacial score (nSPS) is 27.2. The maximum Gasteiger partial charge on any atom is 0.0547 e. The summed E-state index contributed by atoms with van der Waals surface area (Å²) in [4.78, 5) is 5.11. The van der Waals surface area contributed by atoms with Crippen LogP contribution in [-0.4, -0.2) is 64.4 Å². The van der Waals surface area contributed by atoms with Gasteiger partial charge in [-0.2, -0.15) is 0 Å². The number of ether oxygens (including phenoxy) is 1. The first-order chi connectivity index (χ1) is 10.3. The Labute approximate surface area is 128 Å². The number of benzene rings is 1. The third-order valence-corrected chi connectivity index (χ3v) is 4.79. The van der Waals surface area contributed by atoms with E-state index in [2.05, 4.69) is 45.4 Å². The lowest BCUT2D eigenvalue weighted by molar-refractivity contribution is 0.106. The average Bonchev–Trinajstić information content (AvgIpc) is 2.98. The van der Waals surface area contributed by atoms with Gasteiger partial charge < -0.3 is 15.0 Å².